The molecular formula is C76H136O6. The molecule has 0 aromatic rings. The largest absolute Gasteiger partial charge is 0.462 e. The number of ether oxygens (including phenoxy) is 3. The summed E-state index contributed by atoms with van der Waals surface area (Å²) < 4.78 is 17.0. The molecule has 1 atom stereocenters. The van der Waals surface area contributed by atoms with E-state index in [1.54, 1.807) is 0 Å². The van der Waals surface area contributed by atoms with Gasteiger partial charge in [0.2, 0.25) is 0 Å². The van der Waals surface area contributed by atoms with Crippen molar-refractivity contribution in [2.75, 3.05) is 13.2 Å². The number of carbonyl (C=O) groups excluding carboxylic acids is 3. The average molecular weight is 1150 g/mol. The molecule has 0 aliphatic carbocycles. The molecule has 6 nitrogen and oxygen atoms in total. The first kappa shape index (κ1) is 78.8. The van der Waals surface area contributed by atoms with E-state index in [0.717, 1.165) is 96.3 Å². The maximum Gasteiger partial charge on any atom is 0.306 e. The van der Waals surface area contributed by atoms with Crippen LogP contribution in [0.1, 0.15) is 374 Å². The normalized spacial score (nSPS) is 12.5. The number of carbonyl (C=O) groups is 3. The fourth-order valence-corrected chi connectivity index (χ4v) is 10.6. The van der Waals surface area contributed by atoms with Gasteiger partial charge in [0.15, 0.2) is 6.10 Å². The molecule has 82 heavy (non-hydrogen) atoms. The van der Waals surface area contributed by atoms with Gasteiger partial charge in [-0.05, 0) is 70.6 Å². The molecule has 0 spiro atoms. The summed E-state index contributed by atoms with van der Waals surface area (Å²) in [6.45, 7) is 6.58. The monoisotopic (exact) mass is 1150 g/mol. The topological polar surface area (TPSA) is 78.9 Å². The van der Waals surface area contributed by atoms with E-state index in [0.29, 0.717) is 19.3 Å². The summed E-state index contributed by atoms with van der Waals surface area (Å²) in [4.78, 5) is 38.4. The number of esters is 3. The lowest BCUT2D eigenvalue weighted by Gasteiger charge is -2.18. The molecule has 1 unspecified atom stereocenters. The smallest absolute Gasteiger partial charge is 0.306 e. The van der Waals surface area contributed by atoms with Gasteiger partial charge in [-0.2, -0.15) is 0 Å². The summed E-state index contributed by atoms with van der Waals surface area (Å²) in [6.07, 6.45) is 92.2. The first-order valence-corrected chi connectivity index (χ1v) is 35.9. The Kier molecular flexibility index (Phi) is 67.6. The van der Waals surface area contributed by atoms with Gasteiger partial charge < -0.3 is 14.2 Å². The SMILES string of the molecule is CC/C=C\C/C=C\C/C=C\C/C=C\C/C=C\C/C=C\CCCCCCCCCCCCC(=O)OCC(COC(=O)CCCCCCCCCCCCC)OC(=O)CCCCCCCCCCCCCCCCCCCCCCCCCC. The van der Waals surface area contributed by atoms with Crippen LogP contribution in [-0.4, -0.2) is 37.2 Å². The van der Waals surface area contributed by atoms with Crippen molar-refractivity contribution >= 4 is 17.9 Å². The van der Waals surface area contributed by atoms with Crippen molar-refractivity contribution in [3.8, 4) is 0 Å². The van der Waals surface area contributed by atoms with Crippen molar-refractivity contribution in [3.63, 3.8) is 0 Å². The molecular weight excluding hydrogens is 1010 g/mol. The molecule has 0 radical (unpaired) electrons. The zero-order valence-electron chi connectivity index (χ0n) is 54.8. The lowest BCUT2D eigenvalue weighted by Crippen LogP contribution is -2.30. The lowest BCUT2D eigenvalue weighted by molar-refractivity contribution is -0.167. The highest BCUT2D eigenvalue weighted by molar-refractivity contribution is 5.71. The van der Waals surface area contributed by atoms with Gasteiger partial charge in [0.1, 0.15) is 13.2 Å². The molecule has 0 amide bonds. The minimum absolute atomic E-state index is 0.0706. The van der Waals surface area contributed by atoms with E-state index in [1.807, 2.05) is 0 Å². The van der Waals surface area contributed by atoms with Gasteiger partial charge in [-0.3, -0.25) is 14.4 Å². The zero-order chi connectivity index (χ0) is 59.2. The van der Waals surface area contributed by atoms with Gasteiger partial charge >= 0.3 is 17.9 Å². The summed E-state index contributed by atoms with van der Waals surface area (Å²) in [5.41, 5.74) is 0. The van der Waals surface area contributed by atoms with Crippen molar-refractivity contribution in [2.24, 2.45) is 0 Å². The molecule has 0 N–H and O–H groups in total. The van der Waals surface area contributed by atoms with Gasteiger partial charge in [-0.1, -0.05) is 357 Å². The van der Waals surface area contributed by atoms with Crippen LogP contribution in [0.15, 0.2) is 72.9 Å². The van der Waals surface area contributed by atoms with Crippen LogP contribution in [0, 0.1) is 0 Å². The molecule has 0 aliphatic rings. The molecule has 0 aromatic carbocycles. The number of hydrogen-bond donors (Lipinski definition) is 0. The third-order valence-corrected chi connectivity index (χ3v) is 16.0. The van der Waals surface area contributed by atoms with Crippen molar-refractivity contribution in [1.29, 1.82) is 0 Å². The summed E-state index contributed by atoms with van der Waals surface area (Å²) in [7, 11) is 0. The average Bonchev–Trinajstić information content (AvgIpc) is 3.47. The van der Waals surface area contributed by atoms with Gasteiger partial charge in [-0.15, -0.1) is 0 Å². The highest BCUT2D eigenvalue weighted by Gasteiger charge is 2.19. The van der Waals surface area contributed by atoms with Gasteiger partial charge in [0, 0.05) is 19.3 Å². The molecule has 6 heteroatoms. The molecule has 0 fully saturated rings. The minimum atomic E-state index is -0.774. The molecule has 0 rings (SSSR count). The van der Waals surface area contributed by atoms with E-state index < -0.39 is 6.10 Å². The maximum atomic E-state index is 13.0. The molecule has 0 aromatic heterocycles. The Morgan fingerprint density at radius 2 is 0.476 bits per heavy atom. The van der Waals surface area contributed by atoms with Crippen LogP contribution in [0.25, 0.3) is 0 Å². The van der Waals surface area contributed by atoms with E-state index in [2.05, 4.69) is 93.7 Å². The first-order valence-electron chi connectivity index (χ1n) is 35.9. The third-order valence-electron chi connectivity index (χ3n) is 16.0. The van der Waals surface area contributed by atoms with Gasteiger partial charge in [0.05, 0.1) is 0 Å². The van der Waals surface area contributed by atoms with Crippen LogP contribution in [0.5, 0.6) is 0 Å². The number of rotatable bonds is 66. The Balaban J connectivity index is 4.20. The lowest BCUT2D eigenvalue weighted by atomic mass is 10.0. The van der Waals surface area contributed by atoms with Crippen LogP contribution in [0.4, 0.5) is 0 Å². The second-order valence-corrected chi connectivity index (χ2v) is 24.1. The van der Waals surface area contributed by atoms with Crippen molar-refractivity contribution in [2.45, 2.75) is 380 Å². The molecule has 0 bridgehead atoms. The van der Waals surface area contributed by atoms with E-state index in [-0.39, 0.29) is 31.1 Å². The second-order valence-electron chi connectivity index (χ2n) is 24.1. The number of allylic oxidation sites excluding steroid dienone is 12. The Labute approximate surface area is 510 Å². The standard InChI is InChI=1S/C76H136O6/c1-4-7-10-13-16-19-22-24-26-28-30-32-34-36-37-38-39-40-42-43-45-47-49-51-54-57-60-63-66-69-75(78)81-72-73(71-80-74(77)68-65-62-59-56-53-21-18-15-12-9-6-3)82-76(79)70-67-64-61-58-55-52-50-48-46-44-41-35-33-31-29-27-25-23-20-17-14-11-8-5-2/h7,10,16,19,24,26,30,32,36-37,39-40,73H,4-6,8-9,11-15,17-18,20-23,25,27-29,31,33-35,38,41-72H2,1-3H3/b10-7-,19-16-,26-24-,32-30-,37-36-,40-39-. The third kappa shape index (κ3) is 67.6. The fraction of sp³-hybridized carbons (Fsp3) is 0.803. The van der Waals surface area contributed by atoms with E-state index in [4.69, 9.17) is 14.2 Å². The van der Waals surface area contributed by atoms with Crippen molar-refractivity contribution in [1.82, 2.24) is 0 Å². The van der Waals surface area contributed by atoms with Crippen molar-refractivity contribution < 1.29 is 28.6 Å². The summed E-state index contributed by atoms with van der Waals surface area (Å²) >= 11 is 0. The summed E-state index contributed by atoms with van der Waals surface area (Å²) in [5, 5.41) is 0. The maximum absolute atomic E-state index is 13.0. The van der Waals surface area contributed by atoms with Crippen LogP contribution in [0.3, 0.4) is 0 Å². The molecule has 0 heterocycles. The molecule has 0 aliphatic heterocycles. The van der Waals surface area contributed by atoms with Gasteiger partial charge in [-0.25, -0.2) is 0 Å². The number of unbranched alkanes of at least 4 members (excludes halogenated alkanes) is 43. The Morgan fingerprint density at radius 3 is 0.744 bits per heavy atom. The predicted molar refractivity (Wildman–Crippen MR) is 358 cm³/mol. The van der Waals surface area contributed by atoms with E-state index >= 15 is 0 Å². The van der Waals surface area contributed by atoms with E-state index in [9.17, 15) is 14.4 Å². The second kappa shape index (κ2) is 70.3. The van der Waals surface area contributed by atoms with Crippen LogP contribution in [0.2, 0.25) is 0 Å². The first-order chi connectivity index (χ1) is 40.5. The van der Waals surface area contributed by atoms with Crippen molar-refractivity contribution in [3.05, 3.63) is 72.9 Å². The number of hydrogen-bond acceptors (Lipinski definition) is 6. The Hall–Kier alpha value is -3.15. The molecule has 476 valence electrons. The zero-order valence-corrected chi connectivity index (χ0v) is 54.8. The minimum Gasteiger partial charge on any atom is -0.462 e. The Bertz CT molecular complexity index is 1500. The van der Waals surface area contributed by atoms with E-state index in [1.165, 1.54) is 238 Å². The quantitative estimate of drug-likeness (QED) is 0.0261. The summed E-state index contributed by atoms with van der Waals surface area (Å²) in [5.74, 6) is -0.852. The predicted octanol–water partition coefficient (Wildman–Crippen LogP) is 24.8. The van der Waals surface area contributed by atoms with Crippen LogP contribution < -0.4 is 0 Å². The highest BCUT2D eigenvalue weighted by Crippen LogP contribution is 2.18. The van der Waals surface area contributed by atoms with Gasteiger partial charge in [0.25, 0.3) is 0 Å². The Morgan fingerprint density at radius 1 is 0.256 bits per heavy atom. The van der Waals surface area contributed by atoms with Crippen LogP contribution in [-0.2, 0) is 28.6 Å². The molecule has 0 saturated heterocycles. The summed E-state index contributed by atoms with van der Waals surface area (Å²) in [6, 6.07) is 0. The van der Waals surface area contributed by atoms with Crippen LogP contribution >= 0.6 is 0 Å². The fourth-order valence-electron chi connectivity index (χ4n) is 10.6. The molecule has 0 saturated carbocycles. The highest BCUT2D eigenvalue weighted by atomic mass is 16.6.